The Kier molecular flexibility index (Phi) is 5.55. The molecular formula is C9H12ClIN2O2. The van der Waals surface area contributed by atoms with Crippen molar-refractivity contribution in [1.82, 2.24) is 9.55 Å². The molecule has 0 amide bonds. The van der Waals surface area contributed by atoms with Gasteiger partial charge in [-0.3, -0.25) is 9.36 Å². The Bertz CT molecular complexity index is 381. The van der Waals surface area contributed by atoms with Gasteiger partial charge >= 0.3 is 0 Å². The molecule has 0 aromatic carbocycles. The van der Waals surface area contributed by atoms with Gasteiger partial charge in [0.1, 0.15) is 0 Å². The fourth-order valence-electron chi connectivity index (χ4n) is 1.03. The molecule has 0 radical (unpaired) electrons. The Labute approximate surface area is 107 Å². The van der Waals surface area contributed by atoms with Crippen molar-refractivity contribution in [2.45, 2.75) is 13.5 Å². The fourth-order valence-corrected chi connectivity index (χ4v) is 1.58. The van der Waals surface area contributed by atoms with Gasteiger partial charge in [-0.25, -0.2) is 4.98 Å². The van der Waals surface area contributed by atoms with Crippen molar-refractivity contribution >= 4 is 34.2 Å². The molecule has 0 aliphatic heterocycles. The number of alkyl halides is 1. The average molecular weight is 343 g/mol. The van der Waals surface area contributed by atoms with Crippen LogP contribution in [0.25, 0.3) is 0 Å². The van der Waals surface area contributed by atoms with Crippen LogP contribution >= 0.6 is 34.2 Å². The van der Waals surface area contributed by atoms with Gasteiger partial charge in [0.2, 0.25) is 0 Å². The Hall–Kier alpha value is -0.140. The summed E-state index contributed by atoms with van der Waals surface area (Å²) in [6.07, 6.45) is 1.55. The summed E-state index contributed by atoms with van der Waals surface area (Å²) in [5, 5.41) is 0. The minimum atomic E-state index is -0.0161. The van der Waals surface area contributed by atoms with E-state index in [0.717, 1.165) is 5.69 Å². The molecule has 1 heterocycles. The molecule has 0 bridgehead atoms. The highest BCUT2D eigenvalue weighted by atomic mass is 127. The predicted molar refractivity (Wildman–Crippen MR) is 67.5 cm³/mol. The first-order valence-corrected chi connectivity index (χ1v) is 6.13. The number of aromatic nitrogens is 2. The van der Waals surface area contributed by atoms with Crippen LogP contribution in [0.4, 0.5) is 0 Å². The lowest BCUT2D eigenvalue weighted by Gasteiger charge is -2.06. The zero-order valence-corrected chi connectivity index (χ0v) is 11.3. The summed E-state index contributed by atoms with van der Waals surface area (Å²) < 4.78 is 7.39. The van der Waals surface area contributed by atoms with E-state index in [1.165, 1.54) is 0 Å². The second-order valence-electron chi connectivity index (χ2n) is 2.94. The third-order valence-corrected chi connectivity index (χ3v) is 3.25. The van der Waals surface area contributed by atoms with Crippen LogP contribution in [0, 0.1) is 10.5 Å². The number of hydrogen-bond donors (Lipinski definition) is 0. The highest BCUT2D eigenvalue weighted by Gasteiger charge is 2.04. The smallest absolute Gasteiger partial charge is 0.267 e. The largest absolute Gasteiger partial charge is 0.378 e. The first kappa shape index (κ1) is 12.9. The van der Waals surface area contributed by atoms with Crippen LogP contribution in [0.1, 0.15) is 5.69 Å². The van der Waals surface area contributed by atoms with Crippen molar-refractivity contribution < 1.29 is 4.74 Å². The van der Waals surface area contributed by atoms with E-state index in [-0.39, 0.29) is 5.56 Å². The van der Waals surface area contributed by atoms with E-state index in [1.54, 1.807) is 10.9 Å². The maximum atomic E-state index is 11.7. The SMILES string of the molecule is Cc1ncn(CCOCCCl)c(=O)c1I. The zero-order valence-electron chi connectivity index (χ0n) is 8.37. The van der Waals surface area contributed by atoms with Gasteiger partial charge in [0.25, 0.3) is 5.56 Å². The minimum Gasteiger partial charge on any atom is -0.378 e. The van der Waals surface area contributed by atoms with Crippen molar-refractivity contribution in [3.05, 3.63) is 25.9 Å². The minimum absolute atomic E-state index is 0.0161. The first-order chi connectivity index (χ1) is 7.16. The second-order valence-corrected chi connectivity index (χ2v) is 4.40. The summed E-state index contributed by atoms with van der Waals surface area (Å²) in [6, 6.07) is 0. The summed E-state index contributed by atoms with van der Waals surface area (Å²) in [7, 11) is 0. The molecule has 0 spiro atoms. The number of rotatable bonds is 5. The van der Waals surface area contributed by atoms with Crippen LogP contribution in [0.5, 0.6) is 0 Å². The maximum absolute atomic E-state index is 11.7. The molecule has 4 nitrogen and oxygen atoms in total. The predicted octanol–water partition coefficient (Wildman–Crippen LogP) is 1.41. The van der Waals surface area contributed by atoms with Crippen LogP contribution in [-0.2, 0) is 11.3 Å². The molecule has 0 saturated heterocycles. The average Bonchev–Trinajstić information content (AvgIpc) is 2.24. The van der Waals surface area contributed by atoms with Crippen LogP contribution in [0.2, 0.25) is 0 Å². The molecule has 0 atom stereocenters. The van der Waals surface area contributed by atoms with Gasteiger partial charge in [0.15, 0.2) is 0 Å². The molecule has 0 fully saturated rings. The van der Waals surface area contributed by atoms with E-state index in [4.69, 9.17) is 16.3 Å². The molecule has 0 N–H and O–H groups in total. The van der Waals surface area contributed by atoms with Crippen molar-refractivity contribution in [2.75, 3.05) is 19.1 Å². The summed E-state index contributed by atoms with van der Waals surface area (Å²) in [4.78, 5) is 15.8. The monoisotopic (exact) mass is 342 g/mol. The zero-order chi connectivity index (χ0) is 11.3. The van der Waals surface area contributed by atoms with Crippen molar-refractivity contribution in [2.24, 2.45) is 0 Å². The number of hydrogen-bond acceptors (Lipinski definition) is 3. The first-order valence-electron chi connectivity index (χ1n) is 4.52. The molecule has 84 valence electrons. The lowest BCUT2D eigenvalue weighted by atomic mass is 10.4. The lowest BCUT2D eigenvalue weighted by Crippen LogP contribution is -2.26. The normalized spacial score (nSPS) is 10.6. The van der Waals surface area contributed by atoms with Crippen LogP contribution in [0.3, 0.4) is 0 Å². The highest BCUT2D eigenvalue weighted by molar-refractivity contribution is 14.1. The van der Waals surface area contributed by atoms with Gasteiger partial charge in [-0.15, -0.1) is 11.6 Å². The molecule has 6 heteroatoms. The van der Waals surface area contributed by atoms with Gasteiger partial charge in [-0.2, -0.15) is 0 Å². The lowest BCUT2D eigenvalue weighted by molar-refractivity contribution is 0.139. The Morgan fingerprint density at radius 2 is 2.33 bits per heavy atom. The molecule has 1 aromatic heterocycles. The summed E-state index contributed by atoms with van der Waals surface area (Å²) in [5.41, 5.74) is 0.746. The Balaban J connectivity index is 2.63. The molecule has 1 aromatic rings. The number of aryl methyl sites for hydroxylation is 1. The topological polar surface area (TPSA) is 44.1 Å². The van der Waals surface area contributed by atoms with Gasteiger partial charge < -0.3 is 4.74 Å². The van der Waals surface area contributed by atoms with Crippen molar-refractivity contribution in [1.29, 1.82) is 0 Å². The van der Waals surface area contributed by atoms with Crippen LogP contribution in [-0.4, -0.2) is 28.6 Å². The molecule has 0 saturated carbocycles. The van der Waals surface area contributed by atoms with Crippen molar-refractivity contribution in [3.8, 4) is 0 Å². The summed E-state index contributed by atoms with van der Waals surface area (Å²) in [5.74, 6) is 0.471. The standard InChI is InChI=1S/C9H12ClIN2O2/c1-7-8(11)9(14)13(6-12-7)3-5-15-4-2-10/h6H,2-5H2,1H3. The van der Waals surface area contributed by atoms with E-state index in [9.17, 15) is 4.79 Å². The maximum Gasteiger partial charge on any atom is 0.267 e. The van der Waals surface area contributed by atoms with E-state index in [2.05, 4.69) is 4.98 Å². The van der Waals surface area contributed by atoms with Gasteiger partial charge in [-0.05, 0) is 29.5 Å². The van der Waals surface area contributed by atoms with Gasteiger partial charge in [0, 0.05) is 5.88 Å². The fraction of sp³-hybridized carbons (Fsp3) is 0.556. The van der Waals surface area contributed by atoms with Crippen LogP contribution in [0.15, 0.2) is 11.1 Å². The second kappa shape index (κ2) is 6.44. The molecule has 0 unspecified atom stereocenters. The van der Waals surface area contributed by atoms with Crippen LogP contribution < -0.4 is 5.56 Å². The van der Waals surface area contributed by atoms with Crippen molar-refractivity contribution in [3.63, 3.8) is 0 Å². The Morgan fingerprint density at radius 3 is 3.00 bits per heavy atom. The van der Waals surface area contributed by atoms with E-state index in [0.29, 0.717) is 29.2 Å². The molecule has 0 aliphatic carbocycles. The van der Waals surface area contributed by atoms with Gasteiger partial charge in [-0.1, -0.05) is 0 Å². The number of ether oxygens (including phenoxy) is 1. The van der Waals surface area contributed by atoms with E-state index >= 15 is 0 Å². The molecular weight excluding hydrogens is 330 g/mol. The quantitative estimate of drug-likeness (QED) is 0.462. The number of halogens is 2. The Morgan fingerprint density at radius 1 is 1.60 bits per heavy atom. The van der Waals surface area contributed by atoms with E-state index in [1.807, 2.05) is 29.5 Å². The third kappa shape index (κ3) is 3.73. The van der Waals surface area contributed by atoms with Gasteiger partial charge in [0.05, 0.1) is 35.3 Å². The van der Waals surface area contributed by atoms with E-state index < -0.39 is 0 Å². The molecule has 0 aliphatic rings. The molecule has 1 rings (SSSR count). The summed E-state index contributed by atoms with van der Waals surface area (Å²) >= 11 is 7.46. The third-order valence-electron chi connectivity index (χ3n) is 1.86. The molecule has 15 heavy (non-hydrogen) atoms. The number of nitrogens with zero attached hydrogens (tertiary/aromatic N) is 2. The summed E-state index contributed by atoms with van der Waals surface area (Å²) in [6.45, 7) is 3.32. The highest BCUT2D eigenvalue weighted by Crippen LogP contribution is 2.00.